The van der Waals surface area contributed by atoms with E-state index in [-0.39, 0.29) is 22.9 Å². The van der Waals surface area contributed by atoms with E-state index in [2.05, 4.69) is 10.6 Å². The molecule has 0 spiro atoms. The molecule has 124 valence electrons. The number of ether oxygens (including phenoxy) is 1. The smallest absolute Gasteiger partial charge is 0.311 e. The molecule has 2 rings (SSSR count). The van der Waals surface area contributed by atoms with Crippen LogP contribution in [0.4, 0.5) is 17.1 Å². The number of nitro groups is 1. The fraction of sp³-hybridized carbons (Fsp3) is 0.125. The average molecular weight is 329 g/mol. The zero-order chi connectivity index (χ0) is 17.7. The van der Waals surface area contributed by atoms with Gasteiger partial charge in [0.2, 0.25) is 5.91 Å². The number of nitrogens with zero attached hydrogens (tertiary/aromatic N) is 1. The number of methoxy groups -OCH3 is 1. The largest absolute Gasteiger partial charge is 0.490 e. The van der Waals surface area contributed by atoms with Crippen molar-refractivity contribution in [3.8, 4) is 5.75 Å². The Bertz CT molecular complexity index is 787. The minimum absolute atomic E-state index is 0.0798. The van der Waals surface area contributed by atoms with Gasteiger partial charge in [-0.1, -0.05) is 0 Å². The van der Waals surface area contributed by atoms with Crippen molar-refractivity contribution in [1.82, 2.24) is 0 Å². The fourth-order valence-electron chi connectivity index (χ4n) is 2.02. The van der Waals surface area contributed by atoms with E-state index >= 15 is 0 Å². The molecule has 0 aromatic heterocycles. The molecule has 2 N–H and O–H groups in total. The van der Waals surface area contributed by atoms with Crippen molar-refractivity contribution in [2.45, 2.75) is 6.92 Å². The summed E-state index contributed by atoms with van der Waals surface area (Å²) < 4.78 is 4.90. The Kier molecular flexibility index (Phi) is 5.10. The van der Waals surface area contributed by atoms with Crippen LogP contribution in [0.15, 0.2) is 42.5 Å². The second-order valence-corrected chi connectivity index (χ2v) is 4.86. The second-order valence-electron chi connectivity index (χ2n) is 4.86. The van der Waals surface area contributed by atoms with Gasteiger partial charge in [0.1, 0.15) is 0 Å². The molecule has 8 nitrogen and oxygen atoms in total. The lowest BCUT2D eigenvalue weighted by Crippen LogP contribution is -2.12. The molecule has 0 aliphatic heterocycles. The predicted molar refractivity (Wildman–Crippen MR) is 88.3 cm³/mol. The SMILES string of the molecule is COc1ccc(C(=O)Nc2ccc(NC(C)=O)cc2)cc1[N+](=O)[O-]. The molecular formula is C16H15N3O5. The zero-order valence-corrected chi connectivity index (χ0v) is 13.0. The number of hydrogen-bond acceptors (Lipinski definition) is 5. The van der Waals surface area contributed by atoms with Gasteiger partial charge in [-0.25, -0.2) is 0 Å². The van der Waals surface area contributed by atoms with Gasteiger partial charge in [0.25, 0.3) is 5.91 Å². The van der Waals surface area contributed by atoms with Gasteiger partial charge < -0.3 is 15.4 Å². The molecule has 0 aliphatic rings. The number of amides is 2. The van der Waals surface area contributed by atoms with Gasteiger partial charge in [-0.3, -0.25) is 19.7 Å². The number of nitro benzene ring substituents is 1. The van der Waals surface area contributed by atoms with Gasteiger partial charge in [0.05, 0.1) is 12.0 Å². The maximum Gasteiger partial charge on any atom is 0.311 e. The Hall–Kier alpha value is -3.42. The maximum absolute atomic E-state index is 12.2. The summed E-state index contributed by atoms with van der Waals surface area (Å²) in [5.41, 5.74) is 0.938. The van der Waals surface area contributed by atoms with Crippen LogP contribution >= 0.6 is 0 Å². The molecular weight excluding hydrogens is 314 g/mol. The third-order valence-electron chi connectivity index (χ3n) is 3.10. The minimum atomic E-state index is -0.613. The molecule has 0 bridgehead atoms. The van der Waals surface area contributed by atoms with Crippen LogP contribution in [0.2, 0.25) is 0 Å². The van der Waals surface area contributed by atoms with E-state index in [4.69, 9.17) is 4.74 Å². The van der Waals surface area contributed by atoms with E-state index in [1.807, 2.05) is 0 Å². The summed E-state index contributed by atoms with van der Waals surface area (Å²) in [4.78, 5) is 33.5. The standard InChI is InChI=1S/C16H15N3O5/c1-10(20)17-12-4-6-13(7-5-12)18-16(21)11-3-8-15(24-2)14(9-11)19(22)23/h3-9H,1-2H3,(H,17,20)(H,18,21). The van der Waals surface area contributed by atoms with Crippen molar-refractivity contribution in [2.24, 2.45) is 0 Å². The first kappa shape index (κ1) is 16.9. The fourth-order valence-corrected chi connectivity index (χ4v) is 2.02. The Morgan fingerprint density at radius 2 is 1.62 bits per heavy atom. The van der Waals surface area contributed by atoms with Gasteiger partial charge in [0, 0.05) is 29.9 Å². The number of carbonyl (C=O) groups excluding carboxylic acids is 2. The van der Waals surface area contributed by atoms with Gasteiger partial charge >= 0.3 is 5.69 Å². The Morgan fingerprint density at radius 1 is 1.04 bits per heavy atom. The quantitative estimate of drug-likeness (QED) is 0.647. The van der Waals surface area contributed by atoms with Crippen LogP contribution in [-0.2, 0) is 4.79 Å². The molecule has 2 aromatic carbocycles. The molecule has 8 heteroatoms. The monoisotopic (exact) mass is 329 g/mol. The summed E-state index contributed by atoms with van der Waals surface area (Å²) in [6, 6.07) is 10.4. The molecule has 0 fully saturated rings. The highest BCUT2D eigenvalue weighted by Crippen LogP contribution is 2.27. The number of hydrogen-bond donors (Lipinski definition) is 2. The van der Waals surface area contributed by atoms with Crippen LogP contribution in [0.3, 0.4) is 0 Å². The van der Waals surface area contributed by atoms with E-state index in [1.54, 1.807) is 24.3 Å². The lowest BCUT2D eigenvalue weighted by Gasteiger charge is -2.08. The predicted octanol–water partition coefficient (Wildman–Crippen LogP) is 2.81. The molecule has 0 radical (unpaired) electrons. The van der Waals surface area contributed by atoms with Crippen molar-refractivity contribution >= 4 is 28.9 Å². The summed E-state index contributed by atoms with van der Waals surface area (Å²) >= 11 is 0. The highest BCUT2D eigenvalue weighted by molar-refractivity contribution is 6.05. The van der Waals surface area contributed by atoms with Gasteiger partial charge in [-0.2, -0.15) is 0 Å². The molecule has 0 unspecified atom stereocenters. The van der Waals surface area contributed by atoms with E-state index in [1.165, 1.54) is 26.2 Å². The van der Waals surface area contributed by atoms with Crippen LogP contribution in [0.1, 0.15) is 17.3 Å². The number of carbonyl (C=O) groups is 2. The molecule has 24 heavy (non-hydrogen) atoms. The maximum atomic E-state index is 12.2. The molecule has 2 amide bonds. The second kappa shape index (κ2) is 7.23. The minimum Gasteiger partial charge on any atom is -0.490 e. The number of benzene rings is 2. The molecule has 2 aromatic rings. The van der Waals surface area contributed by atoms with Gasteiger partial charge in [0.15, 0.2) is 5.75 Å². The van der Waals surface area contributed by atoms with E-state index in [9.17, 15) is 19.7 Å². The third kappa shape index (κ3) is 4.07. The summed E-state index contributed by atoms with van der Waals surface area (Å²) in [6.07, 6.45) is 0. The van der Waals surface area contributed by atoms with Crippen molar-refractivity contribution < 1.29 is 19.2 Å². The lowest BCUT2D eigenvalue weighted by molar-refractivity contribution is -0.385. The van der Waals surface area contributed by atoms with Gasteiger partial charge in [-0.05, 0) is 36.4 Å². The summed E-state index contributed by atoms with van der Waals surface area (Å²) in [6.45, 7) is 1.40. The lowest BCUT2D eigenvalue weighted by atomic mass is 10.1. The Morgan fingerprint density at radius 3 is 2.12 bits per heavy atom. The normalized spacial score (nSPS) is 9.92. The number of nitrogens with one attached hydrogen (secondary N) is 2. The van der Waals surface area contributed by atoms with E-state index in [0.717, 1.165) is 6.07 Å². The average Bonchev–Trinajstić information content (AvgIpc) is 2.55. The molecule has 0 aliphatic carbocycles. The van der Waals surface area contributed by atoms with E-state index < -0.39 is 10.8 Å². The van der Waals surface area contributed by atoms with Crippen LogP contribution in [0, 0.1) is 10.1 Å². The molecule has 0 saturated heterocycles. The Balaban J connectivity index is 2.16. The van der Waals surface area contributed by atoms with Crippen LogP contribution in [-0.4, -0.2) is 23.8 Å². The topological polar surface area (TPSA) is 111 Å². The van der Waals surface area contributed by atoms with Crippen molar-refractivity contribution in [3.63, 3.8) is 0 Å². The van der Waals surface area contributed by atoms with Crippen molar-refractivity contribution in [2.75, 3.05) is 17.7 Å². The number of rotatable bonds is 5. The van der Waals surface area contributed by atoms with Crippen molar-refractivity contribution in [3.05, 3.63) is 58.1 Å². The zero-order valence-electron chi connectivity index (χ0n) is 13.0. The highest BCUT2D eigenvalue weighted by atomic mass is 16.6. The molecule has 0 heterocycles. The number of anilines is 2. The molecule has 0 saturated carbocycles. The summed E-state index contributed by atoms with van der Waals surface area (Å²) in [7, 11) is 1.32. The van der Waals surface area contributed by atoms with Crippen LogP contribution < -0.4 is 15.4 Å². The first-order valence-corrected chi connectivity index (χ1v) is 6.92. The molecule has 0 atom stereocenters. The third-order valence-corrected chi connectivity index (χ3v) is 3.10. The summed E-state index contributed by atoms with van der Waals surface area (Å²) in [5, 5.41) is 16.2. The summed E-state index contributed by atoms with van der Waals surface area (Å²) in [5.74, 6) is -0.610. The van der Waals surface area contributed by atoms with Crippen molar-refractivity contribution in [1.29, 1.82) is 0 Å². The van der Waals surface area contributed by atoms with Crippen LogP contribution in [0.25, 0.3) is 0 Å². The first-order chi connectivity index (χ1) is 11.4. The highest BCUT2D eigenvalue weighted by Gasteiger charge is 2.18. The first-order valence-electron chi connectivity index (χ1n) is 6.92. The Labute approximate surface area is 137 Å². The van der Waals surface area contributed by atoms with Crippen LogP contribution in [0.5, 0.6) is 5.75 Å². The van der Waals surface area contributed by atoms with E-state index in [0.29, 0.717) is 11.4 Å². The van der Waals surface area contributed by atoms with Gasteiger partial charge in [-0.15, -0.1) is 0 Å².